The minimum absolute atomic E-state index is 0.315. The first-order valence-corrected chi connectivity index (χ1v) is 9.46. The standard InChI is InChI=1S/C20H21IN4/c1-3-14(2)22-20-24-18(15-9-5-4-6-10-15)13-19(25-20)23-17-12-8-7-11-16(17)21/h4-14H,3H2,1-2H3,(H2,22,23,24,25)/t14-/m0/s1. The van der Waals surface area contributed by atoms with Gasteiger partial charge in [-0.3, -0.25) is 0 Å². The number of anilines is 3. The average molecular weight is 444 g/mol. The van der Waals surface area contributed by atoms with Crippen molar-refractivity contribution >= 4 is 40.0 Å². The lowest BCUT2D eigenvalue weighted by Crippen LogP contribution is -2.16. The van der Waals surface area contributed by atoms with Crippen LogP contribution in [0.2, 0.25) is 0 Å². The van der Waals surface area contributed by atoms with Crippen LogP contribution in [0, 0.1) is 3.57 Å². The molecule has 4 nitrogen and oxygen atoms in total. The fraction of sp³-hybridized carbons (Fsp3) is 0.200. The smallest absolute Gasteiger partial charge is 0.225 e. The van der Waals surface area contributed by atoms with Crippen LogP contribution >= 0.6 is 22.6 Å². The summed E-state index contributed by atoms with van der Waals surface area (Å²) in [6.07, 6.45) is 1.01. The molecule has 5 heteroatoms. The van der Waals surface area contributed by atoms with Crippen LogP contribution in [-0.4, -0.2) is 16.0 Å². The predicted molar refractivity (Wildman–Crippen MR) is 113 cm³/mol. The number of rotatable bonds is 6. The quantitative estimate of drug-likeness (QED) is 0.479. The Morgan fingerprint density at radius 1 is 1.00 bits per heavy atom. The Kier molecular flexibility index (Phi) is 5.86. The first kappa shape index (κ1) is 17.7. The van der Waals surface area contributed by atoms with Gasteiger partial charge in [0.05, 0.1) is 11.4 Å². The van der Waals surface area contributed by atoms with Crippen molar-refractivity contribution < 1.29 is 0 Å². The molecule has 128 valence electrons. The number of para-hydroxylation sites is 1. The lowest BCUT2D eigenvalue weighted by atomic mass is 10.1. The Hall–Kier alpha value is -2.15. The van der Waals surface area contributed by atoms with Gasteiger partial charge in [-0.25, -0.2) is 4.98 Å². The van der Waals surface area contributed by atoms with E-state index in [4.69, 9.17) is 4.98 Å². The fourth-order valence-corrected chi connectivity index (χ4v) is 2.88. The van der Waals surface area contributed by atoms with Gasteiger partial charge >= 0.3 is 0 Å². The van der Waals surface area contributed by atoms with Gasteiger partial charge in [-0.1, -0.05) is 49.4 Å². The highest BCUT2D eigenvalue weighted by molar-refractivity contribution is 14.1. The van der Waals surface area contributed by atoms with E-state index in [1.54, 1.807) is 0 Å². The molecule has 2 aromatic carbocycles. The fourth-order valence-electron chi connectivity index (χ4n) is 2.36. The molecule has 0 aliphatic carbocycles. The molecule has 0 aliphatic rings. The van der Waals surface area contributed by atoms with E-state index < -0.39 is 0 Å². The third-order valence-corrected chi connectivity index (χ3v) is 4.86. The summed E-state index contributed by atoms with van der Waals surface area (Å²) in [5.41, 5.74) is 3.01. The van der Waals surface area contributed by atoms with Gasteiger partial charge in [0.2, 0.25) is 5.95 Å². The summed E-state index contributed by atoms with van der Waals surface area (Å²) in [7, 11) is 0. The van der Waals surface area contributed by atoms with Crippen molar-refractivity contribution in [3.63, 3.8) is 0 Å². The van der Waals surface area contributed by atoms with E-state index in [9.17, 15) is 0 Å². The van der Waals surface area contributed by atoms with Crippen LogP contribution in [0.3, 0.4) is 0 Å². The van der Waals surface area contributed by atoms with Crippen LogP contribution in [-0.2, 0) is 0 Å². The Labute approximate surface area is 162 Å². The maximum atomic E-state index is 4.69. The lowest BCUT2D eigenvalue weighted by Gasteiger charge is -2.15. The largest absolute Gasteiger partial charge is 0.352 e. The minimum atomic E-state index is 0.315. The zero-order chi connectivity index (χ0) is 17.6. The molecule has 0 unspecified atom stereocenters. The van der Waals surface area contributed by atoms with Crippen LogP contribution in [0.5, 0.6) is 0 Å². The predicted octanol–water partition coefficient (Wildman–Crippen LogP) is 5.70. The number of hydrogen-bond acceptors (Lipinski definition) is 4. The van der Waals surface area contributed by atoms with Crippen LogP contribution in [0.25, 0.3) is 11.3 Å². The summed E-state index contributed by atoms with van der Waals surface area (Å²) >= 11 is 2.32. The molecule has 1 atom stereocenters. The molecule has 0 bridgehead atoms. The monoisotopic (exact) mass is 444 g/mol. The second-order valence-electron chi connectivity index (χ2n) is 5.89. The van der Waals surface area contributed by atoms with E-state index in [0.29, 0.717) is 12.0 Å². The van der Waals surface area contributed by atoms with Crippen molar-refractivity contribution in [2.75, 3.05) is 10.6 Å². The third-order valence-electron chi connectivity index (χ3n) is 3.92. The maximum absolute atomic E-state index is 4.69. The second-order valence-corrected chi connectivity index (χ2v) is 7.05. The molecule has 0 spiro atoms. The second kappa shape index (κ2) is 8.29. The number of nitrogens with zero attached hydrogens (tertiary/aromatic N) is 2. The van der Waals surface area contributed by atoms with E-state index in [1.165, 1.54) is 0 Å². The summed E-state index contributed by atoms with van der Waals surface area (Å²) < 4.78 is 1.15. The zero-order valence-corrected chi connectivity index (χ0v) is 16.5. The van der Waals surface area contributed by atoms with Gasteiger partial charge in [-0.2, -0.15) is 4.98 Å². The molecule has 3 rings (SSSR count). The van der Waals surface area contributed by atoms with Crippen molar-refractivity contribution in [2.24, 2.45) is 0 Å². The van der Waals surface area contributed by atoms with Gasteiger partial charge in [0.15, 0.2) is 0 Å². The molecule has 1 heterocycles. The molecule has 25 heavy (non-hydrogen) atoms. The van der Waals surface area contributed by atoms with Crippen molar-refractivity contribution in [3.8, 4) is 11.3 Å². The normalized spacial score (nSPS) is 11.8. The Morgan fingerprint density at radius 2 is 1.72 bits per heavy atom. The third kappa shape index (κ3) is 4.69. The summed E-state index contributed by atoms with van der Waals surface area (Å²) in [5, 5.41) is 6.79. The van der Waals surface area contributed by atoms with Gasteiger partial charge in [-0.15, -0.1) is 0 Å². The van der Waals surface area contributed by atoms with Gasteiger partial charge in [0.25, 0.3) is 0 Å². The number of nitrogens with one attached hydrogen (secondary N) is 2. The van der Waals surface area contributed by atoms with Crippen molar-refractivity contribution in [3.05, 3.63) is 64.2 Å². The van der Waals surface area contributed by atoms with Crippen molar-refractivity contribution in [1.82, 2.24) is 9.97 Å². The van der Waals surface area contributed by atoms with Crippen LogP contribution in [0.15, 0.2) is 60.7 Å². The Bertz CT molecular complexity index is 836. The Balaban J connectivity index is 1.99. The number of aromatic nitrogens is 2. The molecule has 0 fully saturated rings. The van der Waals surface area contributed by atoms with Crippen LogP contribution in [0.1, 0.15) is 20.3 Å². The van der Waals surface area contributed by atoms with E-state index >= 15 is 0 Å². The zero-order valence-electron chi connectivity index (χ0n) is 14.3. The molecule has 0 amide bonds. The van der Waals surface area contributed by atoms with E-state index in [1.807, 2.05) is 42.5 Å². The topological polar surface area (TPSA) is 49.8 Å². The molecule has 0 aliphatic heterocycles. The van der Waals surface area contributed by atoms with E-state index in [0.717, 1.165) is 32.8 Å². The molecular formula is C20H21IN4. The molecule has 2 N–H and O–H groups in total. The number of hydrogen-bond donors (Lipinski definition) is 2. The highest BCUT2D eigenvalue weighted by atomic mass is 127. The number of halogens is 1. The highest BCUT2D eigenvalue weighted by Gasteiger charge is 2.09. The maximum Gasteiger partial charge on any atom is 0.225 e. The number of benzene rings is 2. The SMILES string of the molecule is CC[C@H](C)Nc1nc(Nc2ccccc2I)cc(-c2ccccc2)n1. The van der Waals surface area contributed by atoms with Gasteiger partial charge in [0, 0.05) is 21.2 Å². The molecule has 1 aromatic heterocycles. The highest BCUT2D eigenvalue weighted by Crippen LogP contribution is 2.26. The van der Waals surface area contributed by atoms with E-state index in [2.05, 4.69) is 70.3 Å². The Morgan fingerprint density at radius 3 is 2.44 bits per heavy atom. The summed E-state index contributed by atoms with van der Waals surface area (Å²) in [6, 6.07) is 20.6. The first-order chi connectivity index (χ1) is 12.2. The van der Waals surface area contributed by atoms with Gasteiger partial charge in [0.1, 0.15) is 5.82 Å². The molecule has 0 radical (unpaired) electrons. The van der Waals surface area contributed by atoms with Crippen LogP contribution in [0.4, 0.5) is 17.5 Å². The average Bonchev–Trinajstić information content (AvgIpc) is 2.64. The lowest BCUT2D eigenvalue weighted by molar-refractivity contribution is 0.753. The molecule has 0 saturated heterocycles. The summed E-state index contributed by atoms with van der Waals surface area (Å²) in [6.45, 7) is 4.27. The summed E-state index contributed by atoms with van der Waals surface area (Å²) in [5.74, 6) is 1.42. The minimum Gasteiger partial charge on any atom is -0.352 e. The van der Waals surface area contributed by atoms with Gasteiger partial charge in [-0.05, 0) is 48.1 Å². The first-order valence-electron chi connectivity index (χ1n) is 8.38. The molecule has 0 saturated carbocycles. The van der Waals surface area contributed by atoms with Crippen LogP contribution < -0.4 is 10.6 Å². The molecule has 3 aromatic rings. The summed E-state index contributed by atoms with van der Waals surface area (Å²) in [4.78, 5) is 9.34. The molecular weight excluding hydrogens is 423 g/mol. The van der Waals surface area contributed by atoms with Gasteiger partial charge < -0.3 is 10.6 Å². The van der Waals surface area contributed by atoms with Crippen molar-refractivity contribution in [1.29, 1.82) is 0 Å². The van der Waals surface area contributed by atoms with Crippen molar-refractivity contribution in [2.45, 2.75) is 26.3 Å². The van der Waals surface area contributed by atoms with E-state index in [-0.39, 0.29) is 0 Å².